The van der Waals surface area contributed by atoms with Crippen LogP contribution < -0.4 is 0 Å². The SMILES string of the molecule is C=Cc1ccc(C(=O)OC2C3CC4CC2CC(C(=O)OCC2COC5(CCCCC5)O2)(C4)C3)cc1. The highest BCUT2D eigenvalue weighted by Gasteiger charge is 2.60. The highest BCUT2D eigenvalue weighted by molar-refractivity contribution is 5.89. The lowest BCUT2D eigenvalue weighted by Gasteiger charge is -2.57. The molecule has 3 unspecified atom stereocenters. The Kier molecular flexibility index (Phi) is 6.00. The van der Waals surface area contributed by atoms with Crippen LogP contribution in [0.25, 0.3) is 6.08 Å². The maximum absolute atomic E-state index is 13.4. The average molecular weight is 481 g/mol. The van der Waals surface area contributed by atoms with Gasteiger partial charge in [0.15, 0.2) is 5.79 Å². The van der Waals surface area contributed by atoms with E-state index in [2.05, 4.69) is 6.58 Å². The standard InChI is InChI=1S/C29H36O6/c1-2-19-6-8-21(9-7-19)26(30)34-25-22-12-20-13-23(25)16-28(14-20,15-22)27(31)32-17-24-18-33-29(35-24)10-4-3-5-11-29/h2,6-9,20,22-25H,1,3-5,10-18H2. The predicted molar refractivity (Wildman–Crippen MR) is 129 cm³/mol. The molecular weight excluding hydrogens is 444 g/mol. The molecule has 0 N–H and O–H groups in total. The Hall–Kier alpha value is -2.18. The van der Waals surface area contributed by atoms with E-state index < -0.39 is 11.2 Å². The van der Waals surface area contributed by atoms with Crippen LogP contribution >= 0.6 is 0 Å². The van der Waals surface area contributed by atoms with Gasteiger partial charge in [-0.2, -0.15) is 0 Å². The molecule has 7 rings (SSSR count). The topological polar surface area (TPSA) is 71.1 Å². The maximum atomic E-state index is 13.4. The second-order valence-corrected chi connectivity index (χ2v) is 11.6. The van der Waals surface area contributed by atoms with Gasteiger partial charge in [0.2, 0.25) is 0 Å². The summed E-state index contributed by atoms with van der Waals surface area (Å²) >= 11 is 0. The van der Waals surface area contributed by atoms with E-state index in [-0.39, 0.29) is 42.6 Å². The summed E-state index contributed by atoms with van der Waals surface area (Å²) in [5, 5.41) is 0. The zero-order valence-electron chi connectivity index (χ0n) is 20.4. The van der Waals surface area contributed by atoms with E-state index >= 15 is 0 Å². The molecule has 1 heterocycles. The maximum Gasteiger partial charge on any atom is 0.338 e. The van der Waals surface area contributed by atoms with Crippen LogP contribution in [0.4, 0.5) is 0 Å². The molecule has 0 radical (unpaired) electrons. The summed E-state index contributed by atoms with van der Waals surface area (Å²) in [6, 6.07) is 7.34. The molecule has 0 amide bonds. The third kappa shape index (κ3) is 4.33. The van der Waals surface area contributed by atoms with Gasteiger partial charge in [-0.3, -0.25) is 4.79 Å². The highest BCUT2D eigenvalue weighted by atomic mass is 16.8. The summed E-state index contributed by atoms with van der Waals surface area (Å²) in [7, 11) is 0. The van der Waals surface area contributed by atoms with Gasteiger partial charge in [0.1, 0.15) is 18.8 Å². The van der Waals surface area contributed by atoms with E-state index in [0.29, 0.717) is 18.1 Å². The van der Waals surface area contributed by atoms with E-state index in [1.54, 1.807) is 18.2 Å². The first-order valence-corrected chi connectivity index (χ1v) is 13.4. The molecule has 1 aromatic rings. The summed E-state index contributed by atoms with van der Waals surface area (Å²) in [4.78, 5) is 26.3. The fourth-order valence-corrected chi connectivity index (χ4v) is 7.74. The van der Waals surface area contributed by atoms with Gasteiger partial charge in [0.05, 0.1) is 17.6 Å². The van der Waals surface area contributed by atoms with Gasteiger partial charge >= 0.3 is 11.9 Å². The first kappa shape index (κ1) is 23.2. The van der Waals surface area contributed by atoms with Crippen LogP contribution in [0.15, 0.2) is 30.8 Å². The lowest BCUT2D eigenvalue weighted by molar-refractivity contribution is -0.200. The number of ether oxygens (including phenoxy) is 4. The summed E-state index contributed by atoms with van der Waals surface area (Å²) in [6.07, 6.45) is 11.3. The van der Waals surface area contributed by atoms with Gasteiger partial charge in [0.25, 0.3) is 0 Å². The van der Waals surface area contributed by atoms with Gasteiger partial charge in [-0.1, -0.05) is 31.2 Å². The molecule has 5 saturated carbocycles. The first-order valence-electron chi connectivity index (χ1n) is 13.4. The van der Waals surface area contributed by atoms with Gasteiger partial charge < -0.3 is 18.9 Å². The average Bonchev–Trinajstić information content (AvgIpc) is 3.26. The molecule has 6 fully saturated rings. The molecule has 6 aliphatic rings. The molecular formula is C29H36O6. The third-order valence-corrected chi connectivity index (χ3v) is 9.17. The van der Waals surface area contributed by atoms with E-state index in [4.69, 9.17) is 18.9 Å². The van der Waals surface area contributed by atoms with Crippen molar-refractivity contribution in [3.63, 3.8) is 0 Å². The van der Waals surface area contributed by atoms with Crippen LogP contribution in [0.2, 0.25) is 0 Å². The second kappa shape index (κ2) is 9.04. The molecule has 1 aliphatic heterocycles. The van der Waals surface area contributed by atoms with Gasteiger partial charge in [0, 0.05) is 12.8 Å². The highest BCUT2D eigenvalue weighted by Crippen LogP contribution is 2.61. The second-order valence-electron chi connectivity index (χ2n) is 11.6. The van der Waals surface area contributed by atoms with Crippen molar-refractivity contribution in [1.82, 2.24) is 0 Å². The molecule has 6 nitrogen and oxygen atoms in total. The van der Waals surface area contributed by atoms with Crippen molar-refractivity contribution in [1.29, 1.82) is 0 Å². The molecule has 0 aromatic heterocycles. The van der Waals surface area contributed by atoms with E-state index in [9.17, 15) is 9.59 Å². The van der Waals surface area contributed by atoms with E-state index in [1.807, 2.05) is 12.1 Å². The Morgan fingerprint density at radius 2 is 1.74 bits per heavy atom. The largest absolute Gasteiger partial charge is 0.462 e. The Labute approximate surface area is 207 Å². The number of carbonyl (C=O) groups excluding carboxylic acids is 2. The summed E-state index contributed by atoms with van der Waals surface area (Å²) in [5.41, 5.74) is 1.10. The van der Waals surface area contributed by atoms with Crippen LogP contribution in [0, 0.1) is 23.2 Å². The van der Waals surface area contributed by atoms with Crippen molar-refractivity contribution in [2.45, 2.75) is 82.2 Å². The predicted octanol–water partition coefficient (Wildman–Crippen LogP) is 5.30. The third-order valence-electron chi connectivity index (χ3n) is 9.17. The number of rotatable bonds is 6. The smallest absolute Gasteiger partial charge is 0.338 e. The summed E-state index contributed by atoms with van der Waals surface area (Å²) < 4.78 is 24.2. The molecule has 3 atom stereocenters. The van der Waals surface area contributed by atoms with Crippen LogP contribution in [-0.4, -0.2) is 43.1 Å². The molecule has 4 bridgehead atoms. The number of carbonyl (C=O) groups is 2. The van der Waals surface area contributed by atoms with Gasteiger partial charge in [-0.15, -0.1) is 0 Å². The van der Waals surface area contributed by atoms with Crippen molar-refractivity contribution >= 4 is 18.0 Å². The molecule has 6 heteroatoms. The Morgan fingerprint density at radius 3 is 2.43 bits per heavy atom. The van der Waals surface area contributed by atoms with Crippen molar-refractivity contribution in [3.05, 3.63) is 42.0 Å². The Balaban J connectivity index is 1.07. The van der Waals surface area contributed by atoms with E-state index in [0.717, 1.165) is 63.4 Å². The lowest BCUT2D eigenvalue weighted by Crippen LogP contribution is -2.57. The molecule has 5 aliphatic carbocycles. The quantitative estimate of drug-likeness (QED) is 0.515. The van der Waals surface area contributed by atoms with Crippen molar-refractivity contribution in [2.75, 3.05) is 13.2 Å². The zero-order chi connectivity index (χ0) is 24.0. The fourth-order valence-electron chi connectivity index (χ4n) is 7.74. The minimum atomic E-state index is -0.445. The molecule has 1 aromatic carbocycles. The van der Waals surface area contributed by atoms with Crippen LogP contribution in [0.5, 0.6) is 0 Å². The Bertz CT molecular complexity index is 961. The van der Waals surface area contributed by atoms with Crippen molar-refractivity contribution < 1.29 is 28.5 Å². The van der Waals surface area contributed by atoms with Crippen molar-refractivity contribution in [3.8, 4) is 0 Å². The minimum absolute atomic E-state index is 0.0881. The van der Waals surface area contributed by atoms with Gasteiger partial charge in [-0.05, 0) is 80.4 Å². The molecule has 188 valence electrons. The van der Waals surface area contributed by atoms with Gasteiger partial charge in [-0.25, -0.2) is 4.79 Å². The molecule has 35 heavy (non-hydrogen) atoms. The van der Waals surface area contributed by atoms with Crippen LogP contribution in [-0.2, 0) is 23.7 Å². The van der Waals surface area contributed by atoms with E-state index in [1.165, 1.54) is 6.42 Å². The van der Waals surface area contributed by atoms with Crippen LogP contribution in [0.1, 0.15) is 80.1 Å². The normalized spacial score (nSPS) is 36.7. The number of hydrogen-bond acceptors (Lipinski definition) is 6. The number of benzene rings is 1. The summed E-state index contributed by atoms with van der Waals surface area (Å²) in [6.45, 7) is 4.52. The van der Waals surface area contributed by atoms with Crippen molar-refractivity contribution in [2.24, 2.45) is 23.2 Å². The minimum Gasteiger partial charge on any atom is -0.462 e. The molecule has 1 spiro atoms. The fraction of sp³-hybridized carbons (Fsp3) is 0.655. The van der Waals surface area contributed by atoms with Crippen LogP contribution in [0.3, 0.4) is 0 Å². The molecule has 1 saturated heterocycles. The monoisotopic (exact) mass is 480 g/mol. The first-order chi connectivity index (χ1) is 17.0. The Morgan fingerprint density at radius 1 is 1.03 bits per heavy atom. The number of hydrogen-bond donors (Lipinski definition) is 0. The summed E-state index contributed by atoms with van der Waals surface area (Å²) in [5.74, 6) is 0.153. The zero-order valence-corrected chi connectivity index (χ0v) is 20.4. The number of esters is 2. The lowest BCUT2D eigenvalue weighted by atomic mass is 9.48.